The Bertz CT molecular complexity index is 439. The first-order valence-corrected chi connectivity index (χ1v) is 6.49. The fraction of sp³-hybridized carbons (Fsp3) is 0.385. The highest BCUT2D eigenvalue weighted by atomic mass is 32.2. The molecule has 0 unspecified atom stereocenters. The van der Waals surface area contributed by atoms with Crippen LogP contribution < -0.4 is 0 Å². The second-order valence-electron chi connectivity index (χ2n) is 3.99. The van der Waals surface area contributed by atoms with Gasteiger partial charge in [-0.15, -0.1) is 11.8 Å². The van der Waals surface area contributed by atoms with Gasteiger partial charge in [0, 0.05) is 35.2 Å². The smallest absolute Gasteiger partial charge is 0.0575 e. The van der Waals surface area contributed by atoms with Gasteiger partial charge < -0.3 is 0 Å². The Hall–Kier alpha value is -1.09. The summed E-state index contributed by atoms with van der Waals surface area (Å²) in [4.78, 5) is 10.0. The second kappa shape index (κ2) is 4.83. The molecule has 2 nitrogen and oxygen atoms in total. The molecule has 0 aromatic carbocycles. The van der Waals surface area contributed by atoms with Crippen molar-refractivity contribution in [3.05, 3.63) is 35.0 Å². The summed E-state index contributed by atoms with van der Waals surface area (Å²) in [6.07, 6.45) is 5.93. The van der Waals surface area contributed by atoms with Crippen molar-refractivity contribution in [1.82, 2.24) is 0 Å². The largest absolute Gasteiger partial charge is 0.265 e. The van der Waals surface area contributed by atoms with E-state index < -0.39 is 0 Å². The van der Waals surface area contributed by atoms with Crippen molar-refractivity contribution in [2.75, 3.05) is 5.75 Å². The normalized spacial score (nSPS) is 19.5. The van der Waals surface area contributed by atoms with E-state index in [2.05, 4.69) is 30.4 Å². The Balaban J connectivity index is 1.84. The minimum absolute atomic E-state index is 0.910. The fourth-order valence-corrected chi connectivity index (χ4v) is 2.71. The monoisotopic (exact) mass is 232 g/mol. The van der Waals surface area contributed by atoms with Gasteiger partial charge in [-0.2, -0.15) is 0 Å². The maximum Gasteiger partial charge on any atom is 0.0575 e. The van der Waals surface area contributed by atoms with Gasteiger partial charge in [-0.05, 0) is 24.5 Å². The van der Waals surface area contributed by atoms with Crippen molar-refractivity contribution >= 4 is 23.2 Å². The van der Waals surface area contributed by atoms with Crippen LogP contribution >= 0.6 is 11.8 Å². The summed E-state index contributed by atoms with van der Waals surface area (Å²) in [5, 5.41) is 0. The topological polar surface area (TPSA) is 24.7 Å². The molecule has 16 heavy (non-hydrogen) atoms. The van der Waals surface area contributed by atoms with E-state index in [0.29, 0.717) is 0 Å². The van der Waals surface area contributed by atoms with E-state index in [4.69, 9.17) is 0 Å². The lowest BCUT2D eigenvalue weighted by molar-refractivity contribution is 1.14. The van der Waals surface area contributed by atoms with E-state index in [1.165, 1.54) is 16.2 Å². The predicted molar refractivity (Wildman–Crippen MR) is 73.2 cm³/mol. The Labute approximate surface area is 101 Å². The highest BCUT2D eigenvalue weighted by molar-refractivity contribution is 8.03. The minimum atomic E-state index is 0.910. The zero-order chi connectivity index (χ0) is 11.5. The number of rotatable bonds is 4. The zero-order valence-corrected chi connectivity index (χ0v) is 10.6. The maximum absolute atomic E-state index is 4.42. The van der Waals surface area contributed by atoms with Gasteiger partial charge in [0.05, 0.1) is 5.71 Å². The number of nitrogens with zero attached hydrogens (tertiary/aromatic N) is 2. The first-order valence-electron chi connectivity index (χ1n) is 5.51. The standard InChI is InChI=1S/C13H16N2S/c1-4-11-6-15-13(10(11)3)8-16-12-5-9(2)14-7-12/h6-7H,3-5,8H2,1-2H3. The summed E-state index contributed by atoms with van der Waals surface area (Å²) in [7, 11) is 0. The zero-order valence-electron chi connectivity index (χ0n) is 9.79. The highest BCUT2D eigenvalue weighted by Gasteiger charge is 2.15. The third kappa shape index (κ3) is 2.35. The summed E-state index contributed by atoms with van der Waals surface area (Å²) in [6, 6.07) is 0. The van der Waals surface area contributed by atoms with Gasteiger partial charge in [-0.3, -0.25) is 9.98 Å². The minimum Gasteiger partial charge on any atom is -0.265 e. The molecule has 2 rings (SSSR count). The van der Waals surface area contributed by atoms with Crippen LogP contribution in [0, 0.1) is 0 Å². The van der Waals surface area contributed by atoms with Crippen molar-refractivity contribution < 1.29 is 0 Å². The molecule has 0 aromatic rings. The Kier molecular flexibility index (Phi) is 3.44. The summed E-state index contributed by atoms with van der Waals surface area (Å²) in [5.74, 6) is 0.910. The van der Waals surface area contributed by atoms with Crippen molar-refractivity contribution in [1.29, 1.82) is 0 Å². The quantitative estimate of drug-likeness (QED) is 0.725. The number of aliphatic imine (C=N–C) groups is 2. The Morgan fingerprint density at radius 1 is 1.38 bits per heavy atom. The molecule has 0 aliphatic carbocycles. The lowest BCUT2D eigenvalue weighted by Gasteiger charge is -2.05. The molecule has 0 aromatic heterocycles. The molecule has 0 fully saturated rings. The van der Waals surface area contributed by atoms with Crippen molar-refractivity contribution in [3.63, 3.8) is 0 Å². The van der Waals surface area contributed by atoms with Crippen LogP contribution in [-0.2, 0) is 0 Å². The van der Waals surface area contributed by atoms with Crippen molar-refractivity contribution in [3.8, 4) is 0 Å². The van der Waals surface area contributed by atoms with Crippen LogP contribution in [0.1, 0.15) is 26.7 Å². The lowest BCUT2D eigenvalue weighted by Crippen LogP contribution is -2.03. The van der Waals surface area contributed by atoms with Crippen LogP contribution in [0.3, 0.4) is 0 Å². The number of thioether (sulfide) groups is 1. The number of hydrogen-bond acceptors (Lipinski definition) is 3. The molecular formula is C13H16N2S. The van der Waals surface area contributed by atoms with Gasteiger partial charge in [0.25, 0.3) is 0 Å². The van der Waals surface area contributed by atoms with Gasteiger partial charge >= 0.3 is 0 Å². The second-order valence-corrected chi connectivity index (χ2v) is 5.09. The third-order valence-corrected chi connectivity index (χ3v) is 3.78. The van der Waals surface area contributed by atoms with Crippen LogP contribution in [0.25, 0.3) is 0 Å². The molecule has 0 spiro atoms. The van der Waals surface area contributed by atoms with Crippen LogP contribution in [0.2, 0.25) is 0 Å². The number of allylic oxidation sites excluding steroid dienone is 3. The van der Waals surface area contributed by atoms with Crippen molar-refractivity contribution in [2.24, 2.45) is 9.98 Å². The summed E-state index contributed by atoms with van der Waals surface area (Å²) in [5.41, 5.74) is 4.70. The lowest BCUT2D eigenvalue weighted by atomic mass is 10.1. The highest BCUT2D eigenvalue weighted by Crippen LogP contribution is 2.28. The third-order valence-electron chi connectivity index (χ3n) is 2.75. The Morgan fingerprint density at radius 3 is 2.75 bits per heavy atom. The van der Waals surface area contributed by atoms with Gasteiger partial charge in [0.1, 0.15) is 0 Å². The molecule has 0 N–H and O–H groups in total. The predicted octanol–water partition coefficient (Wildman–Crippen LogP) is 3.73. The van der Waals surface area contributed by atoms with Crippen LogP contribution in [-0.4, -0.2) is 17.2 Å². The van der Waals surface area contributed by atoms with Gasteiger partial charge in [-0.1, -0.05) is 13.5 Å². The van der Waals surface area contributed by atoms with Crippen LogP contribution in [0.15, 0.2) is 45.0 Å². The molecular weight excluding hydrogens is 216 g/mol. The fourth-order valence-electron chi connectivity index (χ4n) is 1.70. The van der Waals surface area contributed by atoms with E-state index in [1.807, 2.05) is 24.2 Å². The summed E-state index contributed by atoms with van der Waals surface area (Å²) >= 11 is 1.82. The molecule has 3 heteroatoms. The van der Waals surface area contributed by atoms with Gasteiger partial charge in [-0.25, -0.2) is 0 Å². The molecule has 2 aliphatic heterocycles. The van der Waals surface area contributed by atoms with Crippen LogP contribution in [0.5, 0.6) is 0 Å². The van der Waals surface area contributed by atoms with E-state index >= 15 is 0 Å². The van der Waals surface area contributed by atoms with Gasteiger partial charge in [0.15, 0.2) is 0 Å². The van der Waals surface area contributed by atoms with Gasteiger partial charge in [0.2, 0.25) is 0 Å². The Morgan fingerprint density at radius 2 is 2.19 bits per heavy atom. The van der Waals surface area contributed by atoms with Crippen molar-refractivity contribution in [2.45, 2.75) is 26.7 Å². The molecule has 0 atom stereocenters. The molecule has 0 saturated carbocycles. The molecule has 0 saturated heterocycles. The molecule has 0 bridgehead atoms. The molecule has 0 amide bonds. The van der Waals surface area contributed by atoms with E-state index in [-0.39, 0.29) is 0 Å². The summed E-state index contributed by atoms with van der Waals surface area (Å²) < 4.78 is 0. The van der Waals surface area contributed by atoms with E-state index in [1.54, 1.807) is 0 Å². The average molecular weight is 232 g/mol. The van der Waals surface area contributed by atoms with Crippen LogP contribution in [0.4, 0.5) is 0 Å². The average Bonchev–Trinajstić information content (AvgIpc) is 2.83. The molecule has 0 radical (unpaired) electrons. The first-order chi connectivity index (χ1) is 7.70. The first kappa shape index (κ1) is 11.4. The molecule has 2 aliphatic rings. The molecule has 84 valence electrons. The summed E-state index contributed by atoms with van der Waals surface area (Å²) in [6.45, 7) is 8.29. The molecule has 2 heterocycles. The van der Waals surface area contributed by atoms with E-state index in [9.17, 15) is 0 Å². The van der Waals surface area contributed by atoms with E-state index in [0.717, 1.165) is 29.9 Å². The number of hydrogen-bond donors (Lipinski definition) is 0. The maximum atomic E-state index is 4.42. The SMILES string of the molecule is C=C1C(CC)=CN=C1CSC1=CN=C(C)C1.